The van der Waals surface area contributed by atoms with E-state index in [1.54, 1.807) is 0 Å². The highest BCUT2D eigenvalue weighted by atomic mass is 14.0. The molecular weight excluding hydrogens is 168 g/mol. The summed E-state index contributed by atoms with van der Waals surface area (Å²) in [5, 5.41) is 0. The minimum absolute atomic E-state index is 1.22. The molecule has 0 bridgehead atoms. The van der Waals surface area contributed by atoms with Crippen LogP contribution in [0.2, 0.25) is 0 Å². The zero-order valence-electron chi connectivity index (χ0n) is 10.0. The lowest BCUT2D eigenvalue weighted by Gasteiger charge is -2.00. The molecule has 0 heterocycles. The Bertz CT molecular complexity index is 153. The summed E-state index contributed by atoms with van der Waals surface area (Å²) in [7, 11) is 0. The summed E-state index contributed by atoms with van der Waals surface area (Å²) < 4.78 is 0. The fourth-order valence-electron chi connectivity index (χ4n) is 1.53. The maximum Gasteiger partial charge on any atom is -0.0282 e. The summed E-state index contributed by atoms with van der Waals surface area (Å²) in [6.45, 7) is 8.35. The first-order valence-electron chi connectivity index (χ1n) is 6.16. The molecule has 0 saturated carbocycles. The van der Waals surface area contributed by atoms with Crippen molar-refractivity contribution in [2.75, 3.05) is 0 Å². The molecule has 0 saturated heterocycles. The number of unbranched alkanes of at least 4 members (excludes halogenated alkanes) is 5. The van der Waals surface area contributed by atoms with E-state index in [1.807, 2.05) is 6.08 Å². The number of allylic oxidation sites excluding steroid dienone is 3. The van der Waals surface area contributed by atoms with Gasteiger partial charge in [-0.3, -0.25) is 0 Å². The van der Waals surface area contributed by atoms with Crippen LogP contribution in [0.25, 0.3) is 0 Å². The Morgan fingerprint density at radius 3 is 2.29 bits per heavy atom. The molecule has 0 nitrogen and oxygen atoms in total. The summed E-state index contributed by atoms with van der Waals surface area (Å²) in [5.41, 5.74) is 1.45. The predicted octanol–water partition coefficient (Wildman–Crippen LogP) is 5.26. The zero-order chi connectivity index (χ0) is 10.6. The Balaban J connectivity index is 3.53. The van der Waals surface area contributed by atoms with Gasteiger partial charge >= 0.3 is 0 Å². The van der Waals surface area contributed by atoms with Crippen LogP contribution in [0.4, 0.5) is 0 Å². The number of hydrogen-bond donors (Lipinski definition) is 0. The van der Waals surface area contributed by atoms with Gasteiger partial charge < -0.3 is 0 Å². The van der Waals surface area contributed by atoms with Crippen molar-refractivity contribution in [3.8, 4) is 0 Å². The highest BCUT2D eigenvalue weighted by Crippen LogP contribution is 2.11. The fraction of sp³-hybridized carbons (Fsp3) is 0.714. The summed E-state index contributed by atoms with van der Waals surface area (Å²) in [5.74, 6) is 0. The van der Waals surface area contributed by atoms with E-state index in [9.17, 15) is 0 Å². The van der Waals surface area contributed by atoms with Gasteiger partial charge in [0.2, 0.25) is 0 Å². The summed E-state index contributed by atoms with van der Waals surface area (Å²) in [6.07, 6.45) is 14.9. The minimum Gasteiger partial charge on any atom is -0.0988 e. The fourth-order valence-corrected chi connectivity index (χ4v) is 1.53. The van der Waals surface area contributed by atoms with Gasteiger partial charge in [-0.15, -0.1) is 0 Å². The van der Waals surface area contributed by atoms with Crippen LogP contribution >= 0.6 is 0 Å². The van der Waals surface area contributed by atoms with E-state index < -0.39 is 0 Å². The molecule has 0 N–H and O–H groups in total. The molecule has 0 aliphatic heterocycles. The molecule has 0 aromatic rings. The van der Waals surface area contributed by atoms with Gasteiger partial charge in [-0.2, -0.15) is 0 Å². The van der Waals surface area contributed by atoms with E-state index in [0.717, 1.165) is 0 Å². The van der Waals surface area contributed by atoms with Crippen LogP contribution in [-0.4, -0.2) is 0 Å². The van der Waals surface area contributed by atoms with Gasteiger partial charge in [0.25, 0.3) is 0 Å². The van der Waals surface area contributed by atoms with Crippen molar-refractivity contribution >= 4 is 0 Å². The van der Waals surface area contributed by atoms with Crippen LogP contribution in [0.5, 0.6) is 0 Å². The summed E-state index contributed by atoms with van der Waals surface area (Å²) >= 11 is 0. The third-order valence-corrected chi connectivity index (χ3v) is 2.55. The van der Waals surface area contributed by atoms with Crippen molar-refractivity contribution in [2.45, 2.75) is 65.2 Å². The third kappa shape index (κ3) is 8.10. The van der Waals surface area contributed by atoms with E-state index in [2.05, 4.69) is 26.5 Å². The molecule has 0 aromatic heterocycles. The second-order valence-corrected chi connectivity index (χ2v) is 3.94. The molecule has 0 heteroatoms. The molecule has 0 aliphatic rings. The Labute approximate surface area is 90.1 Å². The number of hydrogen-bond acceptors (Lipinski definition) is 0. The molecule has 0 amide bonds. The zero-order valence-corrected chi connectivity index (χ0v) is 10.0. The smallest absolute Gasteiger partial charge is 0.0282 e. The normalized spacial score (nSPS) is 11.7. The topological polar surface area (TPSA) is 0 Å². The van der Waals surface area contributed by atoms with Crippen molar-refractivity contribution in [1.29, 1.82) is 0 Å². The standard InChI is InChI=1S/C14H26/c1-4-7-9-10-11-13-14(6-3)12-8-5-2/h6,13H,3-5,7-12H2,1-2H3. The SMILES string of the molecule is C=CC(=CCCCCCC)CCCC. The first kappa shape index (κ1) is 13.5. The first-order chi connectivity index (χ1) is 6.85. The van der Waals surface area contributed by atoms with Crippen molar-refractivity contribution in [1.82, 2.24) is 0 Å². The Morgan fingerprint density at radius 2 is 1.71 bits per heavy atom. The van der Waals surface area contributed by atoms with Crippen molar-refractivity contribution in [3.63, 3.8) is 0 Å². The average molecular weight is 194 g/mol. The molecule has 0 rings (SSSR count). The van der Waals surface area contributed by atoms with Crippen LogP contribution in [0.1, 0.15) is 65.2 Å². The second kappa shape index (κ2) is 10.6. The van der Waals surface area contributed by atoms with Crippen LogP contribution in [0, 0.1) is 0 Å². The van der Waals surface area contributed by atoms with E-state index in [4.69, 9.17) is 0 Å². The van der Waals surface area contributed by atoms with Gasteiger partial charge in [0.15, 0.2) is 0 Å². The molecule has 0 spiro atoms. The third-order valence-electron chi connectivity index (χ3n) is 2.55. The Morgan fingerprint density at radius 1 is 1.00 bits per heavy atom. The van der Waals surface area contributed by atoms with Crippen molar-refractivity contribution in [3.05, 3.63) is 24.3 Å². The molecule has 82 valence electrons. The maximum absolute atomic E-state index is 3.86. The quantitative estimate of drug-likeness (QED) is 0.347. The van der Waals surface area contributed by atoms with Gasteiger partial charge in [-0.05, 0) is 25.7 Å². The van der Waals surface area contributed by atoms with Crippen LogP contribution < -0.4 is 0 Å². The highest BCUT2D eigenvalue weighted by Gasteiger charge is 1.91. The lowest BCUT2D eigenvalue weighted by atomic mass is 10.1. The summed E-state index contributed by atoms with van der Waals surface area (Å²) in [6, 6.07) is 0. The Kier molecular flexibility index (Phi) is 10.2. The molecule has 0 radical (unpaired) electrons. The monoisotopic (exact) mass is 194 g/mol. The van der Waals surface area contributed by atoms with Gasteiger partial charge in [-0.25, -0.2) is 0 Å². The van der Waals surface area contributed by atoms with Gasteiger partial charge in [0.05, 0.1) is 0 Å². The second-order valence-electron chi connectivity index (χ2n) is 3.94. The molecule has 0 unspecified atom stereocenters. The van der Waals surface area contributed by atoms with E-state index in [0.29, 0.717) is 0 Å². The van der Waals surface area contributed by atoms with Crippen LogP contribution in [-0.2, 0) is 0 Å². The van der Waals surface area contributed by atoms with E-state index >= 15 is 0 Å². The lowest BCUT2D eigenvalue weighted by Crippen LogP contribution is -1.80. The van der Waals surface area contributed by atoms with Crippen LogP contribution in [0.3, 0.4) is 0 Å². The van der Waals surface area contributed by atoms with E-state index in [1.165, 1.54) is 56.9 Å². The minimum atomic E-state index is 1.22. The molecule has 14 heavy (non-hydrogen) atoms. The van der Waals surface area contributed by atoms with Gasteiger partial charge in [-0.1, -0.05) is 63.8 Å². The van der Waals surface area contributed by atoms with Crippen molar-refractivity contribution < 1.29 is 0 Å². The Hall–Kier alpha value is -0.520. The average Bonchev–Trinajstić information content (AvgIpc) is 2.22. The lowest BCUT2D eigenvalue weighted by molar-refractivity contribution is 0.672. The maximum atomic E-state index is 3.86. The van der Waals surface area contributed by atoms with E-state index in [-0.39, 0.29) is 0 Å². The highest BCUT2D eigenvalue weighted by molar-refractivity contribution is 5.15. The largest absolute Gasteiger partial charge is 0.0988 e. The van der Waals surface area contributed by atoms with Crippen LogP contribution in [0.15, 0.2) is 24.3 Å². The molecule has 0 fully saturated rings. The van der Waals surface area contributed by atoms with Gasteiger partial charge in [0, 0.05) is 0 Å². The molecule has 0 aromatic carbocycles. The van der Waals surface area contributed by atoms with Crippen molar-refractivity contribution in [2.24, 2.45) is 0 Å². The molecule has 0 atom stereocenters. The molecular formula is C14H26. The predicted molar refractivity (Wildman–Crippen MR) is 66.6 cm³/mol. The first-order valence-corrected chi connectivity index (χ1v) is 6.16. The molecule has 0 aliphatic carbocycles. The van der Waals surface area contributed by atoms with Gasteiger partial charge in [0.1, 0.15) is 0 Å². The number of rotatable bonds is 9. The summed E-state index contributed by atoms with van der Waals surface area (Å²) in [4.78, 5) is 0.